The Morgan fingerprint density at radius 3 is 2.84 bits per heavy atom. The second-order valence-corrected chi connectivity index (χ2v) is 5.11. The number of hydrazone groups is 1. The third kappa shape index (κ3) is 3.82. The number of hydrogen-bond donors (Lipinski definition) is 1. The van der Waals surface area contributed by atoms with Crippen molar-refractivity contribution >= 4 is 12.1 Å². The quantitative estimate of drug-likeness (QED) is 0.645. The smallest absolute Gasteiger partial charge is 0.271 e. The highest BCUT2D eigenvalue weighted by Gasteiger charge is 2.15. The van der Waals surface area contributed by atoms with Crippen molar-refractivity contribution in [1.29, 1.82) is 0 Å². The number of carbonyl (C=O) groups is 1. The molecular weight excluding hydrogens is 324 g/mol. The summed E-state index contributed by atoms with van der Waals surface area (Å²) in [5.41, 5.74) is 3.69. The van der Waals surface area contributed by atoms with Gasteiger partial charge in [-0.25, -0.2) is 5.43 Å². The minimum Gasteiger partial charge on any atom is -0.493 e. The molecule has 7 nitrogen and oxygen atoms in total. The van der Waals surface area contributed by atoms with Gasteiger partial charge in [-0.2, -0.15) is 5.10 Å². The lowest BCUT2D eigenvalue weighted by Gasteiger charge is -2.09. The van der Waals surface area contributed by atoms with Crippen molar-refractivity contribution in [3.8, 4) is 23.0 Å². The van der Waals surface area contributed by atoms with Crippen molar-refractivity contribution in [3.63, 3.8) is 0 Å². The molecule has 7 heteroatoms. The van der Waals surface area contributed by atoms with E-state index in [0.29, 0.717) is 35.2 Å². The van der Waals surface area contributed by atoms with Gasteiger partial charge in [-0.15, -0.1) is 0 Å². The molecule has 1 aliphatic rings. The van der Waals surface area contributed by atoms with E-state index in [-0.39, 0.29) is 12.7 Å². The van der Waals surface area contributed by atoms with Gasteiger partial charge in [0, 0.05) is 5.56 Å². The topological polar surface area (TPSA) is 78.4 Å². The van der Waals surface area contributed by atoms with E-state index in [0.717, 1.165) is 5.56 Å². The van der Waals surface area contributed by atoms with Crippen LogP contribution in [0.25, 0.3) is 0 Å². The van der Waals surface area contributed by atoms with Gasteiger partial charge in [-0.1, -0.05) is 0 Å². The van der Waals surface area contributed by atoms with Gasteiger partial charge in [0.25, 0.3) is 5.91 Å². The molecule has 0 aliphatic carbocycles. The minimum atomic E-state index is -0.340. The Hall–Kier alpha value is -3.22. The third-order valence-corrected chi connectivity index (χ3v) is 3.50. The molecule has 0 spiro atoms. The first-order valence-corrected chi connectivity index (χ1v) is 7.75. The van der Waals surface area contributed by atoms with Crippen LogP contribution in [0.4, 0.5) is 0 Å². The molecule has 1 N–H and O–H groups in total. The Bertz CT molecular complexity index is 804. The minimum absolute atomic E-state index is 0.165. The highest BCUT2D eigenvalue weighted by atomic mass is 16.7. The molecule has 1 heterocycles. The van der Waals surface area contributed by atoms with Crippen molar-refractivity contribution in [2.45, 2.75) is 6.92 Å². The van der Waals surface area contributed by atoms with E-state index in [1.54, 1.807) is 37.4 Å². The molecule has 130 valence electrons. The van der Waals surface area contributed by atoms with Crippen molar-refractivity contribution < 1.29 is 23.7 Å². The Labute approximate surface area is 145 Å². The van der Waals surface area contributed by atoms with E-state index in [4.69, 9.17) is 18.9 Å². The summed E-state index contributed by atoms with van der Waals surface area (Å²) in [5, 5.41) is 3.98. The number of methoxy groups -OCH3 is 1. The maximum atomic E-state index is 12.1. The molecular formula is C18H18N2O5. The summed E-state index contributed by atoms with van der Waals surface area (Å²) in [5.74, 6) is 2.10. The zero-order valence-electron chi connectivity index (χ0n) is 13.9. The number of ether oxygens (including phenoxy) is 4. The van der Waals surface area contributed by atoms with Gasteiger partial charge in [-0.05, 0) is 48.9 Å². The van der Waals surface area contributed by atoms with Crippen LogP contribution in [0.1, 0.15) is 22.8 Å². The van der Waals surface area contributed by atoms with Crippen LogP contribution in [0.5, 0.6) is 23.0 Å². The van der Waals surface area contributed by atoms with E-state index >= 15 is 0 Å². The molecule has 0 aromatic heterocycles. The number of rotatable bonds is 6. The summed E-state index contributed by atoms with van der Waals surface area (Å²) in [4.78, 5) is 12.1. The molecule has 2 aromatic carbocycles. The van der Waals surface area contributed by atoms with Gasteiger partial charge < -0.3 is 18.9 Å². The molecule has 0 radical (unpaired) electrons. The average Bonchev–Trinajstić information content (AvgIpc) is 3.10. The molecule has 0 saturated carbocycles. The maximum absolute atomic E-state index is 12.1. The van der Waals surface area contributed by atoms with Gasteiger partial charge in [0.2, 0.25) is 6.79 Å². The van der Waals surface area contributed by atoms with Gasteiger partial charge >= 0.3 is 0 Å². The molecule has 1 aliphatic heterocycles. The van der Waals surface area contributed by atoms with E-state index in [2.05, 4.69) is 10.5 Å². The van der Waals surface area contributed by atoms with Crippen LogP contribution in [0, 0.1) is 0 Å². The van der Waals surface area contributed by atoms with Crippen LogP contribution in [-0.4, -0.2) is 32.6 Å². The fourth-order valence-corrected chi connectivity index (χ4v) is 2.31. The van der Waals surface area contributed by atoms with Crippen molar-refractivity contribution in [2.24, 2.45) is 5.10 Å². The van der Waals surface area contributed by atoms with E-state index in [1.165, 1.54) is 6.21 Å². The van der Waals surface area contributed by atoms with Gasteiger partial charge in [0.1, 0.15) is 0 Å². The zero-order valence-corrected chi connectivity index (χ0v) is 13.9. The Morgan fingerprint density at radius 1 is 1.20 bits per heavy atom. The summed E-state index contributed by atoms with van der Waals surface area (Å²) in [7, 11) is 1.58. The lowest BCUT2D eigenvalue weighted by molar-refractivity contribution is 0.0954. The predicted molar refractivity (Wildman–Crippen MR) is 91.8 cm³/mol. The summed E-state index contributed by atoms with van der Waals surface area (Å²) in [6.07, 6.45) is 1.53. The van der Waals surface area contributed by atoms with Gasteiger partial charge in [0.05, 0.1) is 19.9 Å². The first-order chi connectivity index (χ1) is 12.2. The average molecular weight is 342 g/mol. The monoisotopic (exact) mass is 342 g/mol. The van der Waals surface area contributed by atoms with E-state index in [9.17, 15) is 4.79 Å². The van der Waals surface area contributed by atoms with Crippen molar-refractivity contribution in [2.75, 3.05) is 20.5 Å². The van der Waals surface area contributed by atoms with Crippen LogP contribution < -0.4 is 24.4 Å². The molecule has 3 rings (SSSR count). The fourth-order valence-electron chi connectivity index (χ4n) is 2.31. The van der Waals surface area contributed by atoms with Crippen molar-refractivity contribution in [3.05, 3.63) is 47.5 Å². The Balaban J connectivity index is 1.66. The number of carbonyl (C=O) groups excluding carboxylic acids is 1. The van der Waals surface area contributed by atoms with Crippen LogP contribution in [0.3, 0.4) is 0 Å². The predicted octanol–water partition coefficient (Wildman–Crippen LogP) is 2.59. The second-order valence-electron chi connectivity index (χ2n) is 5.11. The third-order valence-electron chi connectivity index (χ3n) is 3.50. The molecule has 0 atom stereocenters. The fraction of sp³-hybridized carbons (Fsp3) is 0.222. The van der Waals surface area contributed by atoms with Crippen LogP contribution in [0.15, 0.2) is 41.5 Å². The Kier molecular flexibility index (Phi) is 5.03. The number of fused-ring (bicyclic) bond motifs is 1. The zero-order chi connectivity index (χ0) is 17.6. The standard InChI is InChI=1S/C18H18N2O5/c1-3-23-16-8-12(4-6-14(16)22-2)10-19-20-18(21)13-5-7-15-17(9-13)25-11-24-15/h4-10H,3,11H2,1-2H3,(H,20,21)/b19-10-. The van der Waals surface area contributed by atoms with Crippen LogP contribution >= 0.6 is 0 Å². The molecule has 2 aromatic rings. The molecule has 0 unspecified atom stereocenters. The second kappa shape index (κ2) is 7.57. The highest BCUT2D eigenvalue weighted by molar-refractivity contribution is 5.95. The lowest BCUT2D eigenvalue weighted by Crippen LogP contribution is -2.17. The number of benzene rings is 2. The largest absolute Gasteiger partial charge is 0.493 e. The van der Waals surface area contributed by atoms with Crippen LogP contribution in [0.2, 0.25) is 0 Å². The molecule has 0 saturated heterocycles. The Morgan fingerprint density at radius 2 is 2.04 bits per heavy atom. The normalized spacial score (nSPS) is 12.2. The summed E-state index contributed by atoms with van der Waals surface area (Å²) in [6.45, 7) is 2.59. The summed E-state index contributed by atoms with van der Waals surface area (Å²) < 4.78 is 21.2. The van der Waals surface area contributed by atoms with Gasteiger partial charge in [0.15, 0.2) is 23.0 Å². The van der Waals surface area contributed by atoms with E-state index in [1.807, 2.05) is 13.0 Å². The number of nitrogens with zero attached hydrogens (tertiary/aromatic N) is 1. The highest BCUT2D eigenvalue weighted by Crippen LogP contribution is 2.32. The molecule has 1 amide bonds. The lowest BCUT2D eigenvalue weighted by atomic mass is 10.2. The molecule has 0 fully saturated rings. The first kappa shape index (κ1) is 16.6. The maximum Gasteiger partial charge on any atom is 0.271 e. The SMILES string of the molecule is CCOc1cc(/C=N\NC(=O)c2ccc3c(c2)OCO3)ccc1OC. The number of hydrogen-bond acceptors (Lipinski definition) is 6. The van der Waals surface area contributed by atoms with Crippen LogP contribution in [-0.2, 0) is 0 Å². The van der Waals surface area contributed by atoms with Gasteiger partial charge in [-0.3, -0.25) is 4.79 Å². The number of nitrogens with one attached hydrogen (secondary N) is 1. The van der Waals surface area contributed by atoms with E-state index < -0.39 is 0 Å². The van der Waals surface area contributed by atoms with Crippen molar-refractivity contribution in [1.82, 2.24) is 5.43 Å². The number of amides is 1. The summed E-state index contributed by atoms with van der Waals surface area (Å²) in [6, 6.07) is 10.4. The molecule has 0 bridgehead atoms. The molecule has 25 heavy (non-hydrogen) atoms. The first-order valence-electron chi connectivity index (χ1n) is 7.75. The summed E-state index contributed by atoms with van der Waals surface area (Å²) >= 11 is 0.